The molecule has 152 valence electrons. The molecule has 1 fully saturated rings. The number of rotatable bonds is 7. The van der Waals surface area contributed by atoms with Gasteiger partial charge in [-0.25, -0.2) is 4.98 Å². The van der Waals surface area contributed by atoms with Crippen molar-refractivity contribution in [1.29, 1.82) is 0 Å². The van der Waals surface area contributed by atoms with Gasteiger partial charge in [0, 0.05) is 17.8 Å². The number of carbonyl (C=O) groups excluding carboxylic acids is 1. The molecule has 0 radical (unpaired) electrons. The Hall–Kier alpha value is -1.92. The number of nitrogens with one attached hydrogen (secondary N) is 1. The Balaban J connectivity index is 1.54. The van der Waals surface area contributed by atoms with Gasteiger partial charge in [-0.15, -0.1) is 11.3 Å². The third-order valence-electron chi connectivity index (χ3n) is 5.45. The van der Waals surface area contributed by atoms with Crippen LogP contribution < -0.4 is 10.1 Å². The van der Waals surface area contributed by atoms with Gasteiger partial charge in [-0.2, -0.15) is 0 Å². The van der Waals surface area contributed by atoms with E-state index in [-0.39, 0.29) is 17.9 Å². The molecule has 0 spiro atoms. The SMILES string of the molecule is COc1ccc(C(NC(=O)C2CCN(Cc3csc(C)n3)CC2)C(C)C)cc1. The van der Waals surface area contributed by atoms with Gasteiger partial charge in [0.15, 0.2) is 0 Å². The van der Waals surface area contributed by atoms with E-state index in [1.807, 2.05) is 31.2 Å². The van der Waals surface area contributed by atoms with E-state index >= 15 is 0 Å². The molecule has 1 unspecified atom stereocenters. The molecule has 0 bridgehead atoms. The van der Waals surface area contributed by atoms with Gasteiger partial charge in [0.25, 0.3) is 0 Å². The topological polar surface area (TPSA) is 54.5 Å². The Labute approximate surface area is 172 Å². The summed E-state index contributed by atoms with van der Waals surface area (Å²) in [4.78, 5) is 19.9. The molecule has 1 N–H and O–H groups in total. The van der Waals surface area contributed by atoms with Crippen LogP contribution in [0.15, 0.2) is 29.6 Å². The number of hydrogen-bond acceptors (Lipinski definition) is 5. The van der Waals surface area contributed by atoms with Crippen molar-refractivity contribution in [2.75, 3.05) is 20.2 Å². The zero-order chi connectivity index (χ0) is 20.1. The van der Waals surface area contributed by atoms with E-state index in [0.717, 1.165) is 54.5 Å². The molecule has 1 atom stereocenters. The van der Waals surface area contributed by atoms with Gasteiger partial charge in [0.2, 0.25) is 5.91 Å². The summed E-state index contributed by atoms with van der Waals surface area (Å²) in [6.45, 7) is 9.12. The van der Waals surface area contributed by atoms with E-state index in [4.69, 9.17) is 4.74 Å². The van der Waals surface area contributed by atoms with Crippen molar-refractivity contribution in [1.82, 2.24) is 15.2 Å². The second kappa shape index (κ2) is 9.52. The average molecular weight is 402 g/mol. The van der Waals surface area contributed by atoms with Gasteiger partial charge in [-0.1, -0.05) is 26.0 Å². The van der Waals surface area contributed by atoms with Crippen molar-refractivity contribution in [3.63, 3.8) is 0 Å². The Morgan fingerprint density at radius 3 is 2.50 bits per heavy atom. The molecule has 2 heterocycles. The van der Waals surface area contributed by atoms with Crippen molar-refractivity contribution in [3.8, 4) is 5.75 Å². The first-order valence-corrected chi connectivity index (χ1v) is 10.9. The molecule has 2 aromatic rings. The number of thiazole rings is 1. The van der Waals surface area contributed by atoms with E-state index in [1.165, 1.54) is 0 Å². The fraction of sp³-hybridized carbons (Fsp3) is 0.545. The fourth-order valence-corrected chi connectivity index (χ4v) is 4.38. The summed E-state index contributed by atoms with van der Waals surface area (Å²) < 4.78 is 5.24. The summed E-state index contributed by atoms with van der Waals surface area (Å²) >= 11 is 1.70. The number of benzene rings is 1. The number of nitrogens with zero attached hydrogens (tertiary/aromatic N) is 2. The molecule has 6 heteroatoms. The predicted octanol–water partition coefficient (Wildman–Crippen LogP) is 4.19. The standard InChI is InChI=1S/C22H31N3O2S/c1-15(2)21(17-5-7-20(27-4)8-6-17)24-22(26)18-9-11-25(12-10-18)13-19-14-28-16(3)23-19/h5-8,14-15,18,21H,9-13H2,1-4H3,(H,24,26). The number of aromatic nitrogens is 1. The van der Waals surface area contributed by atoms with Gasteiger partial charge < -0.3 is 10.1 Å². The smallest absolute Gasteiger partial charge is 0.223 e. The zero-order valence-electron chi connectivity index (χ0n) is 17.3. The van der Waals surface area contributed by atoms with Crippen LogP contribution in [0.25, 0.3) is 0 Å². The number of amides is 1. The average Bonchev–Trinajstić information content (AvgIpc) is 3.11. The summed E-state index contributed by atoms with van der Waals surface area (Å²) in [5.41, 5.74) is 2.27. The van der Waals surface area contributed by atoms with E-state index in [0.29, 0.717) is 5.92 Å². The molecule has 0 aliphatic carbocycles. The van der Waals surface area contributed by atoms with Crippen LogP contribution in [0.5, 0.6) is 5.75 Å². The summed E-state index contributed by atoms with van der Waals surface area (Å²) in [6, 6.07) is 8.02. The molecule has 1 saturated heterocycles. The first-order valence-electron chi connectivity index (χ1n) is 10.0. The fourth-order valence-electron chi connectivity index (χ4n) is 3.78. The second-order valence-corrected chi connectivity index (χ2v) is 8.97. The number of aryl methyl sites for hydroxylation is 1. The molecule has 1 aromatic carbocycles. The molecule has 5 nitrogen and oxygen atoms in total. The van der Waals surface area contributed by atoms with E-state index in [1.54, 1.807) is 18.4 Å². The van der Waals surface area contributed by atoms with Crippen LogP contribution >= 0.6 is 11.3 Å². The lowest BCUT2D eigenvalue weighted by Gasteiger charge is -2.32. The molecule has 28 heavy (non-hydrogen) atoms. The van der Waals surface area contributed by atoms with E-state index in [9.17, 15) is 4.79 Å². The highest BCUT2D eigenvalue weighted by molar-refractivity contribution is 7.09. The number of methoxy groups -OCH3 is 1. The van der Waals surface area contributed by atoms with Crippen molar-refractivity contribution >= 4 is 17.2 Å². The number of piperidine rings is 1. The van der Waals surface area contributed by atoms with Gasteiger partial charge in [0.05, 0.1) is 23.9 Å². The zero-order valence-corrected chi connectivity index (χ0v) is 18.1. The van der Waals surface area contributed by atoms with Gasteiger partial charge in [-0.3, -0.25) is 9.69 Å². The maximum atomic E-state index is 12.9. The van der Waals surface area contributed by atoms with Crippen molar-refractivity contribution < 1.29 is 9.53 Å². The minimum absolute atomic E-state index is 0.0226. The normalized spacial score (nSPS) is 16.9. The van der Waals surface area contributed by atoms with Crippen LogP contribution in [0, 0.1) is 18.8 Å². The maximum Gasteiger partial charge on any atom is 0.223 e. The van der Waals surface area contributed by atoms with Gasteiger partial charge in [0.1, 0.15) is 5.75 Å². The summed E-state index contributed by atoms with van der Waals surface area (Å²) in [6.07, 6.45) is 1.81. The lowest BCUT2D eigenvalue weighted by atomic mass is 9.92. The van der Waals surface area contributed by atoms with E-state index < -0.39 is 0 Å². The lowest BCUT2D eigenvalue weighted by Crippen LogP contribution is -2.42. The van der Waals surface area contributed by atoms with Gasteiger partial charge >= 0.3 is 0 Å². The minimum Gasteiger partial charge on any atom is -0.497 e. The largest absolute Gasteiger partial charge is 0.497 e. The van der Waals surface area contributed by atoms with Crippen LogP contribution in [0.2, 0.25) is 0 Å². The van der Waals surface area contributed by atoms with E-state index in [2.05, 4.69) is 34.4 Å². The van der Waals surface area contributed by atoms with Crippen molar-refractivity contribution in [2.45, 2.75) is 46.2 Å². The Morgan fingerprint density at radius 1 is 1.29 bits per heavy atom. The van der Waals surface area contributed by atoms with Crippen LogP contribution in [0.1, 0.15) is 49.0 Å². The third-order valence-corrected chi connectivity index (χ3v) is 6.27. The van der Waals surface area contributed by atoms with Crippen LogP contribution in [0.3, 0.4) is 0 Å². The number of ether oxygens (including phenoxy) is 1. The highest BCUT2D eigenvalue weighted by Crippen LogP contribution is 2.26. The molecular formula is C22H31N3O2S. The Morgan fingerprint density at radius 2 is 1.96 bits per heavy atom. The maximum absolute atomic E-state index is 12.9. The van der Waals surface area contributed by atoms with Crippen molar-refractivity contribution in [2.24, 2.45) is 11.8 Å². The molecule has 1 aliphatic heterocycles. The first kappa shape index (κ1) is 20.8. The monoisotopic (exact) mass is 401 g/mol. The molecule has 0 saturated carbocycles. The van der Waals surface area contributed by atoms with Crippen LogP contribution in [-0.4, -0.2) is 36.0 Å². The lowest BCUT2D eigenvalue weighted by molar-refractivity contribution is -0.127. The molecular weight excluding hydrogens is 370 g/mol. The number of carbonyl (C=O) groups is 1. The molecule has 1 aliphatic rings. The van der Waals surface area contributed by atoms with Crippen LogP contribution in [-0.2, 0) is 11.3 Å². The number of likely N-dealkylation sites (tertiary alicyclic amines) is 1. The molecule has 3 rings (SSSR count). The summed E-state index contributed by atoms with van der Waals surface area (Å²) in [5.74, 6) is 1.43. The summed E-state index contributed by atoms with van der Waals surface area (Å²) in [7, 11) is 1.67. The summed E-state index contributed by atoms with van der Waals surface area (Å²) in [5, 5.41) is 6.55. The Bertz CT molecular complexity index is 764. The highest BCUT2D eigenvalue weighted by Gasteiger charge is 2.28. The predicted molar refractivity (Wildman–Crippen MR) is 114 cm³/mol. The first-order chi connectivity index (χ1) is 13.5. The number of hydrogen-bond donors (Lipinski definition) is 1. The highest BCUT2D eigenvalue weighted by atomic mass is 32.1. The van der Waals surface area contributed by atoms with Crippen LogP contribution in [0.4, 0.5) is 0 Å². The quantitative estimate of drug-likeness (QED) is 0.756. The Kier molecular flexibility index (Phi) is 7.08. The second-order valence-electron chi connectivity index (χ2n) is 7.91. The third kappa shape index (κ3) is 5.32. The molecule has 1 aromatic heterocycles. The van der Waals surface area contributed by atoms with Crippen molar-refractivity contribution in [3.05, 3.63) is 45.9 Å². The minimum atomic E-state index is 0.0226. The molecule has 1 amide bonds. The van der Waals surface area contributed by atoms with Gasteiger partial charge in [-0.05, 0) is 56.5 Å².